The van der Waals surface area contributed by atoms with Crippen LogP contribution in [0.3, 0.4) is 0 Å². The first-order chi connectivity index (χ1) is 6.63. The van der Waals surface area contributed by atoms with E-state index in [1.807, 2.05) is 0 Å². The van der Waals surface area contributed by atoms with Gasteiger partial charge in [0.05, 0.1) is 0 Å². The number of hydrogen-bond donors (Lipinski definition) is 2. The highest BCUT2D eigenvalue weighted by molar-refractivity contribution is 5.74. The van der Waals surface area contributed by atoms with Crippen LogP contribution in [-0.2, 0) is 4.79 Å². The van der Waals surface area contributed by atoms with E-state index in [1.165, 1.54) is 12.8 Å². The van der Waals surface area contributed by atoms with Crippen LogP contribution >= 0.6 is 0 Å². The summed E-state index contributed by atoms with van der Waals surface area (Å²) >= 11 is 0. The van der Waals surface area contributed by atoms with Crippen molar-refractivity contribution in [3.8, 4) is 0 Å². The van der Waals surface area contributed by atoms with Gasteiger partial charge in [-0.25, -0.2) is 0 Å². The van der Waals surface area contributed by atoms with Crippen molar-refractivity contribution in [1.82, 2.24) is 4.90 Å². The third-order valence-electron chi connectivity index (χ3n) is 3.00. The molecule has 82 valence electrons. The Balaban J connectivity index is 2.38. The molecular formula is C10H21N3O. The number of rotatable bonds is 4. The van der Waals surface area contributed by atoms with Crippen molar-refractivity contribution >= 4 is 5.91 Å². The Kier molecular flexibility index (Phi) is 4.35. The minimum atomic E-state index is -0.215. The fraction of sp³-hybridized carbons (Fsp3) is 0.900. The highest BCUT2D eigenvalue weighted by Gasteiger charge is 2.23. The lowest BCUT2D eigenvalue weighted by Crippen LogP contribution is -2.44. The molecule has 0 aromatic rings. The predicted octanol–water partition coefficient (Wildman–Crippen LogP) is -0.0790. The number of hydrogen-bond acceptors (Lipinski definition) is 3. The minimum Gasteiger partial charge on any atom is -0.370 e. The molecule has 2 unspecified atom stereocenters. The van der Waals surface area contributed by atoms with Crippen molar-refractivity contribution in [3.63, 3.8) is 0 Å². The molecule has 4 N–H and O–H groups in total. The summed E-state index contributed by atoms with van der Waals surface area (Å²) in [6.07, 6.45) is 2.86. The van der Waals surface area contributed by atoms with Gasteiger partial charge in [-0.15, -0.1) is 0 Å². The second kappa shape index (κ2) is 5.32. The van der Waals surface area contributed by atoms with Crippen LogP contribution in [0.5, 0.6) is 0 Å². The second-order valence-electron chi connectivity index (χ2n) is 4.26. The summed E-state index contributed by atoms with van der Waals surface area (Å²) in [6.45, 7) is 4.90. The van der Waals surface area contributed by atoms with Crippen molar-refractivity contribution in [1.29, 1.82) is 0 Å². The molecular weight excluding hydrogens is 178 g/mol. The summed E-state index contributed by atoms with van der Waals surface area (Å²) < 4.78 is 0. The lowest BCUT2D eigenvalue weighted by Gasteiger charge is -2.36. The van der Waals surface area contributed by atoms with Gasteiger partial charge >= 0.3 is 0 Å². The van der Waals surface area contributed by atoms with Gasteiger partial charge in [-0.05, 0) is 38.8 Å². The SMILES string of the molecule is CC(CC(N)=O)N1CCCC(CN)C1. The summed E-state index contributed by atoms with van der Waals surface area (Å²) in [4.78, 5) is 13.1. The Labute approximate surface area is 85.6 Å². The van der Waals surface area contributed by atoms with Crippen LogP contribution < -0.4 is 11.5 Å². The molecule has 1 rings (SSSR count). The molecule has 1 amide bonds. The molecule has 0 radical (unpaired) electrons. The Morgan fingerprint density at radius 1 is 1.64 bits per heavy atom. The molecule has 0 bridgehead atoms. The Bertz CT molecular complexity index is 196. The van der Waals surface area contributed by atoms with Crippen molar-refractivity contribution in [2.24, 2.45) is 17.4 Å². The molecule has 0 aromatic carbocycles. The Hall–Kier alpha value is -0.610. The maximum Gasteiger partial charge on any atom is 0.218 e. The molecule has 1 saturated heterocycles. The lowest BCUT2D eigenvalue weighted by molar-refractivity contribution is -0.119. The van der Waals surface area contributed by atoms with Crippen LogP contribution in [0.4, 0.5) is 0 Å². The molecule has 4 heteroatoms. The monoisotopic (exact) mass is 199 g/mol. The first kappa shape index (κ1) is 11.5. The lowest BCUT2D eigenvalue weighted by atomic mass is 9.96. The van der Waals surface area contributed by atoms with Crippen molar-refractivity contribution in [2.75, 3.05) is 19.6 Å². The van der Waals surface area contributed by atoms with Gasteiger partial charge in [-0.3, -0.25) is 9.69 Å². The van der Waals surface area contributed by atoms with Gasteiger partial charge in [0.15, 0.2) is 0 Å². The Morgan fingerprint density at radius 2 is 2.36 bits per heavy atom. The molecule has 1 fully saturated rings. The molecule has 0 aromatic heterocycles. The van der Waals surface area contributed by atoms with E-state index in [-0.39, 0.29) is 11.9 Å². The van der Waals surface area contributed by atoms with Gasteiger partial charge in [-0.1, -0.05) is 0 Å². The van der Waals surface area contributed by atoms with Crippen LogP contribution in [0.15, 0.2) is 0 Å². The molecule has 1 aliphatic heterocycles. The van der Waals surface area contributed by atoms with E-state index in [4.69, 9.17) is 11.5 Å². The number of carbonyl (C=O) groups excluding carboxylic acids is 1. The van der Waals surface area contributed by atoms with Crippen molar-refractivity contribution in [2.45, 2.75) is 32.2 Å². The van der Waals surface area contributed by atoms with Gasteiger partial charge < -0.3 is 11.5 Å². The molecule has 2 atom stereocenters. The van der Waals surface area contributed by atoms with Gasteiger partial charge in [0.25, 0.3) is 0 Å². The maximum absolute atomic E-state index is 10.8. The molecule has 0 saturated carbocycles. The molecule has 0 aliphatic carbocycles. The molecule has 1 aliphatic rings. The topological polar surface area (TPSA) is 72.4 Å². The summed E-state index contributed by atoms with van der Waals surface area (Å²) in [5.74, 6) is 0.381. The van der Waals surface area contributed by atoms with E-state index in [1.54, 1.807) is 0 Å². The quantitative estimate of drug-likeness (QED) is 0.665. The van der Waals surface area contributed by atoms with Crippen LogP contribution in [0.1, 0.15) is 26.2 Å². The third kappa shape index (κ3) is 3.27. The van der Waals surface area contributed by atoms with E-state index in [2.05, 4.69) is 11.8 Å². The third-order valence-corrected chi connectivity index (χ3v) is 3.00. The normalized spacial score (nSPS) is 26.0. The highest BCUT2D eigenvalue weighted by Crippen LogP contribution is 2.18. The largest absolute Gasteiger partial charge is 0.370 e. The zero-order chi connectivity index (χ0) is 10.6. The summed E-state index contributed by atoms with van der Waals surface area (Å²) in [7, 11) is 0. The van der Waals surface area contributed by atoms with Gasteiger partial charge in [0.2, 0.25) is 5.91 Å². The zero-order valence-corrected chi connectivity index (χ0v) is 8.91. The number of nitrogens with zero attached hydrogens (tertiary/aromatic N) is 1. The average molecular weight is 199 g/mol. The fourth-order valence-electron chi connectivity index (χ4n) is 2.11. The van der Waals surface area contributed by atoms with Crippen LogP contribution in [0, 0.1) is 5.92 Å². The zero-order valence-electron chi connectivity index (χ0n) is 8.91. The van der Waals surface area contributed by atoms with Crippen LogP contribution in [0.2, 0.25) is 0 Å². The molecule has 1 heterocycles. The fourth-order valence-corrected chi connectivity index (χ4v) is 2.11. The van der Waals surface area contributed by atoms with E-state index in [9.17, 15) is 4.79 Å². The number of piperidine rings is 1. The van der Waals surface area contributed by atoms with E-state index < -0.39 is 0 Å². The molecule has 14 heavy (non-hydrogen) atoms. The van der Waals surface area contributed by atoms with E-state index in [0.717, 1.165) is 19.6 Å². The number of nitrogens with two attached hydrogens (primary N) is 2. The highest BCUT2D eigenvalue weighted by atomic mass is 16.1. The van der Waals surface area contributed by atoms with Crippen LogP contribution in [-0.4, -0.2) is 36.5 Å². The van der Waals surface area contributed by atoms with Crippen LogP contribution in [0.25, 0.3) is 0 Å². The molecule has 0 spiro atoms. The maximum atomic E-state index is 10.8. The summed E-state index contributed by atoms with van der Waals surface area (Å²) in [5, 5.41) is 0. The van der Waals surface area contributed by atoms with Gasteiger partial charge in [-0.2, -0.15) is 0 Å². The number of primary amides is 1. The van der Waals surface area contributed by atoms with E-state index >= 15 is 0 Å². The number of amides is 1. The molecule has 4 nitrogen and oxygen atoms in total. The number of carbonyl (C=O) groups is 1. The predicted molar refractivity (Wildman–Crippen MR) is 56.6 cm³/mol. The summed E-state index contributed by atoms with van der Waals surface area (Å²) in [5.41, 5.74) is 10.8. The van der Waals surface area contributed by atoms with Gasteiger partial charge in [0.1, 0.15) is 0 Å². The average Bonchev–Trinajstić information content (AvgIpc) is 2.17. The first-order valence-corrected chi connectivity index (χ1v) is 5.36. The smallest absolute Gasteiger partial charge is 0.218 e. The summed E-state index contributed by atoms with van der Waals surface area (Å²) in [6, 6.07) is 0.266. The Morgan fingerprint density at radius 3 is 2.93 bits per heavy atom. The standard InChI is InChI=1S/C10H21N3O/c1-8(5-10(12)14)13-4-2-3-9(6-11)7-13/h8-9H,2-7,11H2,1H3,(H2,12,14). The minimum absolute atomic E-state index is 0.215. The van der Waals surface area contributed by atoms with Crippen molar-refractivity contribution < 1.29 is 4.79 Å². The second-order valence-corrected chi connectivity index (χ2v) is 4.26. The van der Waals surface area contributed by atoms with E-state index in [0.29, 0.717) is 12.3 Å². The van der Waals surface area contributed by atoms with Gasteiger partial charge in [0, 0.05) is 19.0 Å². The number of likely N-dealkylation sites (tertiary alicyclic amines) is 1. The first-order valence-electron chi connectivity index (χ1n) is 5.36. The van der Waals surface area contributed by atoms with Crippen molar-refractivity contribution in [3.05, 3.63) is 0 Å².